The van der Waals surface area contributed by atoms with Crippen LogP contribution in [0.3, 0.4) is 0 Å². The third-order valence-electron chi connectivity index (χ3n) is 3.18. The quantitative estimate of drug-likeness (QED) is 0.774. The van der Waals surface area contributed by atoms with E-state index in [9.17, 15) is 9.59 Å². The highest BCUT2D eigenvalue weighted by molar-refractivity contribution is 7.15. The van der Waals surface area contributed by atoms with E-state index in [2.05, 4.69) is 15.6 Å². The molecular formula is C12H19N3O3S. The lowest BCUT2D eigenvalue weighted by Crippen LogP contribution is -2.42. The van der Waals surface area contributed by atoms with Crippen molar-refractivity contribution in [3.05, 3.63) is 10.6 Å². The van der Waals surface area contributed by atoms with Crippen molar-refractivity contribution in [3.8, 4) is 0 Å². The first-order valence-corrected chi connectivity index (χ1v) is 6.82. The number of amides is 2. The maximum atomic E-state index is 11.7. The lowest BCUT2D eigenvalue weighted by molar-refractivity contribution is -0.147. The molecule has 0 saturated heterocycles. The molecule has 19 heavy (non-hydrogen) atoms. The summed E-state index contributed by atoms with van der Waals surface area (Å²) in [7, 11) is 0. The lowest BCUT2D eigenvalue weighted by Gasteiger charge is -2.23. The standard InChI is InChI=1S/C12H19N3O3S/c1-5-12(4,9(16)17)6-13-10(18)15-11-14-7(2)8(3)19-11/h5-6H2,1-4H3,(H,16,17)(H2,13,14,15,18). The van der Waals surface area contributed by atoms with Crippen molar-refractivity contribution in [2.24, 2.45) is 5.41 Å². The summed E-state index contributed by atoms with van der Waals surface area (Å²) in [5.41, 5.74) is -0.0734. The molecule has 106 valence electrons. The second-order valence-corrected chi connectivity index (χ2v) is 5.89. The molecule has 1 atom stereocenters. The molecule has 0 aromatic carbocycles. The molecule has 1 heterocycles. The molecule has 0 bridgehead atoms. The first kappa shape index (κ1) is 15.4. The van der Waals surface area contributed by atoms with Gasteiger partial charge in [-0.1, -0.05) is 6.92 Å². The van der Waals surface area contributed by atoms with Gasteiger partial charge in [-0.3, -0.25) is 10.1 Å². The highest BCUT2D eigenvalue weighted by Gasteiger charge is 2.31. The van der Waals surface area contributed by atoms with E-state index in [-0.39, 0.29) is 6.54 Å². The second-order valence-electron chi connectivity index (χ2n) is 4.69. The van der Waals surface area contributed by atoms with Crippen molar-refractivity contribution in [2.45, 2.75) is 34.1 Å². The van der Waals surface area contributed by atoms with Gasteiger partial charge in [-0.2, -0.15) is 0 Å². The molecule has 0 radical (unpaired) electrons. The number of urea groups is 1. The van der Waals surface area contributed by atoms with Crippen LogP contribution in [0, 0.1) is 19.3 Å². The normalized spacial score (nSPS) is 13.7. The van der Waals surface area contributed by atoms with Crippen LogP contribution in [0.25, 0.3) is 0 Å². The van der Waals surface area contributed by atoms with E-state index in [1.54, 1.807) is 13.8 Å². The zero-order valence-corrected chi connectivity index (χ0v) is 12.3. The van der Waals surface area contributed by atoms with Crippen LogP contribution in [0.1, 0.15) is 30.8 Å². The SMILES string of the molecule is CCC(C)(CNC(=O)Nc1nc(C)c(C)s1)C(=O)O. The average Bonchev–Trinajstić information content (AvgIpc) is 2.65. The minimum absolute atomic E-state index is 0.0774. The Bertz CT molecular complexity index is 467. The van der Waals surface area contributed by atoms with Gasteiger partial charge in [-0.25, -0.2) is 9.78 Å². The summed E-state index contributed by atoms with van der Waals surface area (Å²) in [5, 5.41) is 14.8. The first-order valence-electron chi connectivity index (χ1n) is 6.01. The summed E-state index contributed by atoms with van der Waals surface area (Å²) in [6.45, 7) is 7.25. The molecule has 1 aromatic heterocycles. The number of thiazole rings is 1. The number of rotatable bonds is 5. The number of nitrogens with zero attached hydrogens (tertiary/aromatic N) is 1. The summed E-state index contributed by atoms with van der Waals surface area (Å²) in [4.78, 5) is 28.0. The monoisotopic (exact) mass is 285 g/mol. The smallest absolute Gasteiger partial charge is 0.321 e. The molecule has 3 N–H and O–H groups in total. The molecule has 0 fully saturated rings. The number of hydrogen-bond donors (Lipinski definition) is 3. The van der Waals surface area contributed by atoms with Crippen LogP contribution in [0.5, 0.6) is 0 Å². The van der Waals surface area contributed by atoms with Gasteiger partial charge < -0.3 is 10.4 Å². The Kier molecular flexibility index (Phi) is 4.88. The van der Waals surface area contributed by atoms with Crippen LogP contribution in [0.4, 0.5) is 9.93 Å². The van der Waals surface area contributed by atoms with Gasteiger partial charge in [0.15, 0.2) is 5.13 Å². The zero-order valence-electron chi connectivity index (χ0n) is 11.5. The van der Waals surface area contributed by atoms with Crippen molar-refractivity contribution < 1.29 is 14.7 Å². The minimum Gasteiger partial charge on any atom is -0.481 e. The van der Waals surface area contributed by atoms with Crippen LogP contribution in [-0.2, 0) is 4.79 Å². The van der Waals surface area contributed by atoms with Gasteiger partial charge in [-0.15, -0.1) is 11.3 Å². The number of carbonyl (C=O) groups excluding carboxylic acids is 1. The number of hydrogen-bond acceptors (Lipinski definition) is 4. The molecule has 1 aromatic rings. The summed E-state index contributed by atoms with van der Waals surface area (Å²) in [6, 6.07) is -0.435. The lowest BCUT2D eigenvalue weighted by atomic mass is 9.88. The number of carboxylic acid groups (broad SMARTS) is 1. The summed E-state index contributed by atoms with van der Waals surface area (Å²) < 4.78 is 0. The van der Waals surface area contributed by atoms with E-state index in [4.69, 9.17) is 5.11 Å². The Morgan fingerprint density at radius 3 is 2.47 bits per heavy atom. The molecule has 0 spiro atoms. The van der Waals surface area contributed by atoms with Crippen molar-refractivity contribution in [1.82, 2.24) is 10.3 Å². The summed E-state index contributed by atoms with van der Waals surface area (Å²) in [6.07, 6.45) is 0.443. The number of anilines is 1. The van der Waals surface area contributed by atoms with E-state index in [0.29, 0.717) is 11.6 Å². The van der Waals surface area contributed by atoms with Crippen LogP contribution in [-0.4, -0.2) is 28.6 Å². The molecule has 7 heteroatoms. The maximum Gasteiger partial charge on any atom is 0.321 e. The molecule has 6 nitrogen and oxygen atoms in total. The van der Waals surface area contributed by atoms with Crippen LogP contribution in [0.2, 0.25) is 0 Å². The van der Waals surface area contributed by atoms with Crippen LogP contribution in [0.15, 0.2) is 0 Å². The third-order valence-corrected chi connectivity index (χ3v) is 4.17. The fourth-order valence-corrected chi connectivity index (χ4v) is 2.10. The van der Waals surface area contributed by atoms with E-state index >= 15 is 0 Å². The fourth-order valence-electron chi connectivity index (χ4n) is 1.29. The average molecular weight is 285 g/mol. The van der Waals surface area contributed by atoms with Gasteiger partial charge in [-0.05, 0) is 27.2 Å². The van der Waals surface area contributed by atoms with Gasteiger partial charge in [0.25, 0.3) is 0 Å². The molecule has 0 aliphatic rings. The number of nitrogens with one attached hydrogen (secondary N) is 2. The van der Waals surface area contributed by atoms with Gasteiger partial charge in [0.05, 0.1) is 11.1 Å². The predicted octanol–water partition coefficient (Wildman–Crippen LogP) is 2.38. The summed E-state index contributed by atoms with van der Waals surface area (Å²) >= 11 is 1.39. The van der Waals surface area contributed by atoms with Crippen molar-refractivity contribution in [3.63, 3.8) is 0 Å². The van der Waals surface area contributed by atoms with E-state index in [1.807, 2.05) is 13.8 Å². The number of carbonyl (C=O) groups is 2. The topological polar surface area (TPSA) is 91.3 Å². The number of aliphatic carboxylic acids is 1. The van der Waals surface area contributed by atoms with Crippen molar-refractivity contribution in [2.75, 3.05) is 11.9 Å². The Morgan fingerprint density at radius 2 is 2.05 bits per heavy atom. The molecule has 2 amide bonds. The molecule has 1 unspecified atom stereocenters. The molecule has 1 rings (SSSR count). The van der Waals surface area contributed by atoms with Crippen LogP contribution < -0.4 is 10.6 Å². The zero-order chi connectivity index (χ0) is 14.6. The summed E-state index contributed by atoms with van der Waals surface area (Å²) in [5.74, 6) is -0.920. The molecular weight excluding hydrogens is 266 g/mol. The Morgan fingerprint density at radius 1 is 1.42 bits per heavy atom. The maximum absolute atomic E-state index is 11.7. The van der Waals surface area contributed by atoms with Gasteiger partial charge in [0.1, 0.15) is 0 Å². The Hall–Kier alpha value is -1.63. The number of aryl methyl sites for hydroxylation is 2. The number of carboxylic acids is 1. The highest BCUT2D eigenvalue weighted by Crippen LogP contribution is 2.22. The van der Waals surface area contributed by atoms with Crippen LogP contribution >= 0.6 is 11.3 Å². The van der Waals surface area contributed by atoms with Crippen molar-refractivity contribution in [1.29, 1.82) is 0 Å². The largest absolute Gasteiger partial charge is 0.481 e. The molecule has 0 aliphatic carbocycles. The minimum atomic E-state index is -0.952. The highest BCUT2D eigenvalue weighted by atomic mass is 32.1. The van der Waals surface area contributed by atoms with E-state index < -0.39 is 17.4 Å². The predicted molar refractivity (Wildman–Crippen MR) is 74.6 cm³/mol. The third kappa shape index (κ3) is 3.92. The first-order chi connectivity index (χ1) is 8.78. The molecule has 0 aliphatic heterocycles. The van der Waals surface area contributed by atoms with Gasteiger partial charge in [0, 0.05) is 11.4 Å². The molecule has 0 saturated carbocycles. The Balaban J connectivity index is 2.54. The fraction of sp³-hybridized carbons (Fsp3) is 0.583. The van der Waals surface area contributed by atoms with E-state index in [0.717, 1.165) is 10.6 Å². The van der Waals surface area contributed by atoms with Gasteiger partial charge >= 0.3 is 12.0 Å². The second kappa shape index (κ2) is 6.01. The number of aromatic nitrogens is 1. The van der Waals surface area contributed by atoms with E-state index in [1.165, 1.54) is 11.3 Å². The van der Waals surface area contributed by atoms with Gasteiger partial charge in [0.2, 0.25) is 0 Å². The van der Waals surface area contributed by atoms with Crippen molar-refractivity contribution >= 4 is 28.5 Å². The Labute approximate surface area is 116 Å².